The van der Waals surface area contributed by atoms with Gasteiger partial charge in [0.1, 0.15) is 12.1 Å². The number of pyridine rings is 1. The molecule has 2 heterocycles. The van der Waals surface area contributed by atoms with Crippen LogP contribution in [0.1, 0.15) is 11.1 Å². The number of nitrogens with one attached hydrogen (secondary N) is 2. The van der Waals surface area contributed by atoms with Crippen molar-refractivity contribution in [2.75, 3.05) is 10.6 Å². The summed E-state index contributed by atoms with van der Waals surface area (Å²) in [5, 5.41) is 17.6. The predicted octanol–water partition coefficient (Wildman–Crippen LogP) is 4.65. The Morgan fingerprint density at radius 2 is 1.77 bits per heavy atom. The van der Waals surface area contributed by atoms with Crippen LogP contribution in [-0.4, -0.2) is 19.9 Å². The van der Waals surface area contributed by atoms with E-state index in [4.69, 9.17) is 0 Å². The molecule has 0 unspecified atom stereocenters. The van der Waals surface area contributed by atoms with Gasteiger partial charge in [0.05, 0.1) is 4.92 Å². The standard InChI is InChI=1S/C17H15BrN6O2/c1-10-4-3-5-13(11(10)2)22-16-15(24(25)26)17(21-9-20-16)23-14-7-6-12(18)8-19-14/h3-9H,1-2H3,(H2,19,20,21,22,23). The molecule has 9 heteroatoms. The summed E-state index contributed by atoms with van der Waals surface area (Å²) < 4.78 is 0.803. The van der Waals surface area contributed by atoms with Crippen molar-refractivity contribution in [2.24, 2.45) is 0 Å². The lowest BCUT2D eigenvalue weighted by Crippen LogP contribution is -2.06. The minimum Gasteiger partial charge on any atom is -0.334 e. The van der Waals surface area contributed by atoms with Gasteiger partial charge in [0.15, 0.2) is 0 Å². The van der Waals surface area contributed by atoms with Crippen molar-refractivity contribution in [3.63, 3.8) is 0 Å². The van der Waals surface area contributed by atoms with E-state index in [0.717, 1.165) is 21.3 Å². The van der Waals surface area contributed by atoms with Gasteiger partial charge in [0, 0.05) is 16.4 Å². The first-order valence-corrected chi connectivity index (χ1v) is 8.46. The van der Waals surface area contributed by atoms with E-state index in [1.54, 1.807) is 18.3 Å². The van der Waals surface area contributed by atoms with Gasteiger partial charge >= 0.3 is 5.69 Å². The van der Waals surface area contributed by atoms with Crippen LogP contribution in [0.25, 0.3) is 0 Å². The van der Waals surface area contributed by atoms with Crippen molar-refractivity contribution < 1.29 is 4.92 Å². The van der Waals surface area contributed by atoms with Gasteiger partial charge in [-0.2, -0.15) is 0 Å². The molecule has 0 fully saturated rings. The highest BCUT2D eigenvalue weighted by molar-refractivity contribution is 9.10. The van der Waals surface area contributed by atoms with Crippen molar-refractivity contribution in [3.8, 4) is 0 Å². The lowest BCUT2D eigenvalue weighted by atomic mass is 10.1. The Hall–Kier alpha value is -3.07. The Labute approximate surface area is 158 Å². The summed E-state index contributed by atoms with van der Waals surface area (Å²) in [5.74, 6) is 0.610. The first kappa shape index (κ1) is 17.7. The Morgan fingerprint density at radius 3 is 2.42 bits per heavy atom. The van der Waals surface area contributed by atoms with E-state index in [2.05, 4.69) is 41.5 Å². The van der Waals surface area contributed by atoms with E-state index in [1.807, 2.05) is 32.0 Å². The van der Waals surface area contributed by atoms with Crippen LogP contribution in [0.4, 0.5) is 28.8 Å². The lowest BCUT2D eigenvalue weighted by Gasteiger charge is -2.12. The lowest BCUT2D eigenvalue weighted by molar-refractivity contribution is -0.383. The third-order valence-electron chi connectivity index (χ3n) is 3.84. The average molecular weight is 415 g/mol. The second-order valence-electron chi connectivity index (χ2n) is 5.54. The van der Waals surface area contributed by atoms with Crippen molar-refractivity contribution in [1.82, 2.24) is 15.0 Å². The van der Waals surface area contributed by atoms with Crippen molar-refractivity contribution in [1.29, 1.82) is 0 Å². The molecule has 0 saturated carbocycles. The number of benzene rings is 1. The molecule has 0 saturated heterocycles. The SMILES string of the molecule is Cc1cccc(Nc2ncnc(Nc3ccc(Br)cn3)c2[N+](=O)[O-])c1C. The van der Waals surface area contributed by atoms with Gasteiger partial charge in [-0.1, -0.05) is 12.1 Å². The van der Waals surface area contributed by atoms with Crippen LogP contribution in [0.3, 0.4) is 0 Å². The second kappa shape index (κ2) is 7.44. The first-order valence-electron chi connectivity index (χ1n) is 7.67. The Bertz CT molecular complexity index is 962. The fourth-order valence-electron chi connectivity index (χ4n) is 2.32. The largest absolute Gasteiger partial charge is 0.353 e. The summed E-state index contributed by atoms with van der Waals surface area (Å²) in [5.41, 5.74) is 2.56. The van der Waals surface area contributed by atoms with Gasteiger partial charge in [-0.05, 0) is 59.1 Å². The van der Waals surface area contributed by atoms with Crippen LogP contribution in [0, 0.1) is 24.0 Å². The summed E-state index contributed by atoms with van der Waals surface area (Å²) >= 11 is 3.30. The highest BCUT2D eigenvalue weighted by atomic mass is 79.9. The second-order valence-corrected chi connectivity index (χ2v) is 6.45. The quantitative estimate of drug-likeness (QED) is 0.462. The van der Waals surface area contributed by atoms with Crippen molar-refractivity contribution in [3.05, 3.63) is 68.6 Å². The average Bonchev–Trinajstić information content (AvgIpc) is 2.61. The Kier molecular flexibility index (Phi) is 5.08. The van der Waals surface area contributed by atoms with Gasteiger partial charge in [-0.3, -0.25) is 10.1 Å². The van der Waals surface area contributed by atoms with E-state index in [-0.39, 0.29) is 17.3 Å². The zero-order chi connectivity index (χ0) is 18.7. The molecule has 0 spiro atoms. The van der Waals surface area contributed by atoms with Crippen molar-refractivity contribution in [2.45, 2.75) is 13.8 Å². The molecule has 1 aromatic carbocycles. The molecule has 0 radical (unpaired) electrons. The van der Waals surface area contributed by atoms with Crippen LogP contribution in [0.5, 0.6) is 0 Å². The number of aromatic nitrogens is 3. The molecular formula is C17H15BrN6O2. The normalized spacial score (nSPS) is 10.4. The molecule has 132 valence electrons. The minimum atomic E-state index is -0.519. The maximum absolute atomic E-state index is 11.6. The maximum Gasteiger partial charge on any atom is 0.353 e. The number of nitrogens with zero attached hydrogens (tertiary/aromatic N) is 4. The molecule has 3 aromatic rings. The zero-order valence-corrected chi connectivity index (χ0v) is 15.6. The van der Waals surface area contributed by atoms with Crippen LogP contribution in [-0.2, 0) is 0 Å². The van der Waals surface area contributed by atoms with Crippen LogP contribution < -0.4 is 10.6 Å². The number of rotatable bonds is 5. The van der Waals surface area contributed by atoms with Gasteiger partial charge in [0.25, 0.3) is 0 Å². The molecule has 0 aliphatic rings. The fraction of sp³-hybridized carbons (Fsp3) is 0.118. The third-order valence-corrected chi connectivity index (χ3v) is 4.31. The Balaban J connectivity index is 1.99. The summed E-state index contributed by atoms with van der Waals surface area (Å²) in [6.07, 6.45) is 2.85. The third kappa shape index (κ3) is 3.77. The molecule has 0 bridgehead atoms. The molecule has 0 atom stereocenters. The van der Waals surface area contributed by atoms with Gasteiger partial charge in [-0.15, -0.1) is 0 Å². The number of nitro groups is 1. The number of aryl methyl sites for hydroxylation is 1. The predicted molar refractivity (Wildman–Crippen MR) is 103 cm³/mol. The topological polar surface area (TPSA) is 106 Å². The van der Waals surface area contributed by atoms with Crippen LogP contribution in [0.15, 0.2) is 47.3 Å². The summed E-state index contributed by atoms with van der Waals surface area (Å²) in [6.45, 7) is 3.91. The van der Waals surface area contributed by atoms with E-state index >= 15 is 0 Å². The van der Waals surface area contributed by atoms with E-state index in [9.17, 15) is 10.1 Å². The minimum absolute atomic E-state index is 0.0626. The maximum atomic E-state index is 11.6. The number of hydrogen-bond donors (Lipinski definition) is 2. The number of halogens is 1. The summed E-state index contributed by atoms with van der Waals surface area (Å²) in [6, 6.07) is 9.16. The van der Waals surface area contributed by atoms with E-state index in [1.165, 1.54) is 6.33 Å². The zero-order valence-electron chi connectivity index (χ0n) is 14.0. The molecule has 0 aliphatic heterocycles. The fourth-order valence-corrected chi connectivity index (χ4v) is 2.55. The van der Waals surface area contributed by atoms with Crippen molar-refractivity contribution >= 4 is 44.8 Å². The molecule has 0 amide bonds. The first-order chi connectivity index (χ1) is 12.5. The summed E-state index contributed by atoms with van der Waals surface area (Å²) in [7, 11) is 0. The number of anilines is 4. The highest BCUT2D eigenvalue weighted by Gasteiger charge is 2.24. The molecule has 2 N–H and O–H groups in total. The van der Waals surface area contributed by atoms with E-state index in [0.29, 0.717) is 5.82 Å². The molecular weight excluding hydrogens is 400 g/mol. The molecule has 0 aliphatic carbocycles. The van der Waals surface area contributed by atoms with Crippen LogP contribution >= 0.6 is 15.9 Å². The number of hydrogen-bond acceptors (Lipinski definition) is 7. The van der Waals surface area contributed by atoms with Gasteiger partial charge < -0.3 is 10.6 Å². The van der Waals surface area contributed by atoms with Gasteiger partial charge in [-0.25, -0.2) is 15.0 Å². The van der Waals surface area contributed by atoms with E-state index < -0.39 is 4.92 Å². The Morgan fingerprint density at radius 1 is 1.04 bits per heavy atom. The highest BCUT2D eigenvalue weighted by Crippen LogP contribution is 2.33. The molecule has 26 heavy (non-hydrogen) atoms. The smallest absolute Gasteiger partial charge is 0.334 e. The summed E-state index contributed by atoms with van der Waals surface area (Å²) in [4.78, 5) is 23.3. The molecule has 8 nitrogen and oxygen atoms in total. The monoisotopic (exact) mass is 414 g/mol. The molecule has 3 rings (SSSR count). The molecule has 2 aromatic heterocycles. The van der Waals surface area contributed by atoms with Crippen LogP contribution in [0.2, 0.25) is 0 Å². The van der Waals surface area contributed by atoms with Gasteiger partial charge in [0.2, 0.25) is 11.6 Å².